The number of aliphatic hydroxyl groups is 1. The molecular formula is C22H25ClN4O4S. The molecule has 1 fully saturated rings. The molecule has 3 aromatic rings. The topological polar surface area (TPSA) is 113 Å². The van der Waals surface area contributed by atoms with Crippen LogP contribution in [0.5, 0.6) is 0 Å². The number of benzene rings is 1. The minimum Gasteiger partial charge on any atom is -0.393 e. The highest BCUT2D eigenvalue weighted by molar-refractivity contribution is 7.89. The van der Waals surface area contributed by atoms with E-state index < -0.39 is 10.0 Å². The summed E-state index contributed by atoms with van der Waals surface area (Å²) < 4.78 is 30.6. The molecule has 0 radical (unpaired) electrons. The van der Waals surface area contributed by atoms with E-state index in [-0.39, 0.29) is 22.9 Å². The van der Waals surface area contributed by atoms with E-state index in [4.69, 9.17) is 11.6 Å². The van der Waals surface area contributed by atoms with Gasteiger partial charge in [0.25, 0.3) is 0 Å². The highest BCUT2D eigenvalue weighted by atomic mass is 35.5. The van der Waals surface area contributed by atoms with Crippen LogP contribution in [0.4, 0.5) is 5.69 Å². The van der Waals surface area contributed by atoms with E-state index >= 15 is 0 Å². The lowest BCUT2D eigenvalue weighted by molar-refractivity contribution is -0.114. The zero-order valence-corrected chi connectivity index (χ0v) is 19.4. The Morgan fingerprint density at radius 2 is 1.94 bits per heavy atom. The summed E-state index contributed by atoms with van der Waals surface area (Å²) in [5, 5.41) is 12.8. The van der Waals surface area contributed by atoms with Gasteiger partial charge in [0.2, 0.25) is 15.9 Å². The average Bonchev–Trinajstić information content (AvgIpc) is 3.13. The van der Waals surface area contributed by atoms with Crippen LogP contribution in [0.15, 0.2) is 41.6 Å². The summed E-state index contributed by atoms with van der Waals surface area (Å²) in [5.74, 6) is -0.246. The number of imidazole rings is 1. The molecule has 2 aromatic heterocycles. The van der Waals surface area contributed by atoms with E-state index in [2.05, 4.69) is 15.0 Å². The Balaban J connectivity index is 1.73. The summed E-state index contributed by atoms with van der Waals surface area (Å²) >= 11 is 6.26. The van der Waals surface area contributed by atoms with Crippen LogP contribution in [0, 0.1) is 6.92 Å². The minimum atomic E-state index is -3.74. The number of hydrogen-bond donors (Lipinski definition) is 3. The van der Waals surface area contributed by atoms with Crippen LogP contribution < -0.4 is 10.0 Å². The SMILES string of the molecule is CC(=O)Nc1cc(Cl)cn2c(-c3cc(S(=O)(=O)N[C@H]4CC[C@H](O)CC4)ccc3C)cnc12. The number of rotatable bonds is 5. The van der Waals surface area contributed by atoms with Gasteiger partial charge in [0.1, 0.15) is 0 Å². The zero-order valence-electron chi connectivity index (χ0n) is 17.8. The molecule has 10 heteroatoms. The van der Waals surface area contributed by atoms with Crippen LogP contribution in [0.25, 0.3) is 16.9 Å². The van der Waals surface area contributed by atoms with Gasteiger partial charge >= 0.3 is 0 Å². The first-order chi connectivity index (χ1) is 15.1. The molecule has 0 bridgehead atoms. The lowest BCUT2D eigenvalue weighted by Gasteiger charge is -2.26. The predicted molar refractivity (Wildman–Crippen MR) is 123 cm³/mol. The standard InChI is InChI=1S/C22H25ClN4O4S/c1-13-3-8-18(32(30,31)26-16-4-6-17(29)7-5-16)10-19(13)21-11-24-22-20(25-14(2)28)9-15(23)12-27(21)22/h3,8-12,16-17,26,29H,4-7H2,1-2H3,(H,25,28)/t16-,17-. The van der Waals surface area contributed by atoms with Crippen molar-refractivity contribution in [3.63, 3.8) is 0 Å². The van der Waals surface area contributed by atoms with Gasteiger partial charge in [-0.1, -0.05) is 17.7 Å². The van der Waals surface area contributed by atoms with Crippen LogP contribution in [0.1, 0.15) is 38.2 Å². The van der Waals surface area contributed by atoms with Gasteiger partial charge < -0.3 is 10.4 Å². The Hall–Kier alpha value is -2.46. The fraction of sp³-hybridized carbons (Fsp3) is 0.364. The number of anilines is 1. The van der Waals surface area contributed by atoms with Crippen molar-refractivity contribution in [2.75, 3.05) is 5.32 Å². The van der Waals surface area contributed by atoms with Crippen molar-refractivity contribution in [2.24, 2.45) is 0 Å². The van der Waals surface area contributed by atoms with Gasteiger partial charge in [-0.3, -0.25) is 9.20 Å². The van der Waals surface area contributed by atoms with Crippen LogP contribution in [0.3, 0.4) is 0 Å². The highest BCUT2D eigenvalue weighted by Gasteiger charge is 2.25. The fourth-order valence-electron chi connectivity index (χ4n) is 4.06. The second-order valence-electron chi connectivity index (χ2n) is 8.19. The van der Waals surface area contributed by atoms with Crippen molar-refractivity contribution in [3.05, 3.63) is 47.2 Å². The Morgan fingerprint density at radius 1 is 1.22 bits per heavy atom. The van der Waals surface area contributed by atoms with E-state index in [0.717, 1.165) is 5.56 Å². The normalized spacial score (nSPS) is 19.2. The molecule has 0 spiro atoms. The second kappa shape index (κ2) is 8.82. The number of carbonyl (C=O) groups is 1. The smallest absolute Gasteiger partial charge is 0.240 e. The number of hydrogen-bond acceptors (Lipinski definition) is 5. The van der Waals surface area contributed by atoms with Gasteiger partial charge in [0, 0.05) is 24.7 Å². The van der Waals surface area contributed by atoms with Crippen molar-refractivity contribution < 1.29 is 18.3 Å². The number of fused-ring (bicyclic) bond motifs is 1. The Bertz CT molecular complexity index is 1280. The molecule has 0 saturated heterocycles. The number of aryl methyl sites for hydroxylation is 1. The summed E-state index contributed by atoms with van der Waals surface area (Å²) in [6, 6.07) is 6.39. The minimum absolute atomic E-state index is 0.156. The molecule has 2 heterocycles. The number of sulfonamides is 1. The van der Waals surface area contributed by atoms with Crippen LogP contribution >= 0.6 is 11.6 Å². The molecule has 4 rings (SSSR count). The molecule has 1 amide bonds. The summed E-state index contributed by atoms with van der Waals surface area (Å²) in [6.45, 7) is 3.29. The monoisotopic (exact) mass is 476 g/mol. The Morgan fingerprint density at radius 3 is 2.62 bits per heavy atom. The number of halogens is 1. The molecule has 1 saturated carbocycles. The first kappa shape index (κ1) is 22.7. The third-order valence-electron chi connectivity index (χ3n) is 5.70. The molecule has 0 aliphatic heterocycles. The van der Waals surface area contributed by atoms with Gasteiger partial charge in [0.15, 0.2) is 5.65 Å². The van der Waals surface area contributed by atoms with E-state index in [9.17, 15) is 18.3 Å². The first-order valence-corrected chi connectivity index (χ1v) is 12.3. The molecule has 0 atom stereocenters. The third kappa shape index (κ3) is 4.66. The number of pyridine rings is 1. The summed E-state index contributed by atoms with van der Waals surface area (Å²) in [5.41, 5.74) is 3.19. The Labute approximate surface area is 191 Å². The molecule has 170 valence electrons. The number of aliphatic hydroxyl groups excluding tert-OH is 1. The van der Waals surface area contributed by atoms with E-state index in [1.807, 2.05) is 6.92 Å². The molecule has 1 aromatic carbocycles. The maximum Gasteiger partial charge on any atom is 0.240 e. The van der Waals surface area contributed by atoms with Gasteiger partial charge in [0.05, 0.1) is 33.6 Å². The lowest BCUT2D eigenvalue weighted by atomic mass is 9.94. The molecule has 1 aliphatic rings. The third-order valence-corrected chi connectivity index (χ3v) is 7.42. The van der Waals surface area contributed by atoms with Gasteiger partial charge in [-0.2, -0.15) is 0 Å². The maximum atomic E-state index is 13.0. The quantitative estimate of drug-likeness (QED) is 0.521. The average molecular weight is 477 g/mol. The number of aromatic nitrogens is 2. The molecule has 0 unspecified atom stereocenters. The molecule has 32 heavy (non-hydrogen) atoms. The Kier molecular flexibility index (Phi) is 6.26. The van der Waals surface area contributed by atoms with Crippen LogP contribution in [0.2, 0.25) is 5.02 Å². The van der Waals surface area contributed by atoms with E-state index in [1.54, 1.807) is 41.1 Å². The number of carbonyl (C=O) groups excluding carboxylic acids is 1. The van der Waals surface area contributed by atoms with Crippen molar-refractivity contribution >= 4 is 38.9 Å². The van der Waals surface area contributed by atoms with Gasteiger partial charge in [-0.05, 0) is 56.4 Å². The fourth-order valence-corrected chi connectivity index (χ4v) is 5.60. The van der Waals surface area contributed by atoms with E-state index in [1.165, 1.54) is 6.92 Å². The second-order valence-corrected chi connectivity index (χ2v) is 10.3. The van der Waals surface area contributed by atoms with Crippen molar-refractivity contribution in [3.8, 4) is 11.3 Å². The van der Waals surface area contributed by atoms with Crippen molar-refractivity contribution in [1.82, 2.24) is 14.1 Å². The molecule has 8 nitrogen and oxygen atoms in total. The van der Waals surface area contributed by atoms with E-state index in [0.29, 0.717) is 53.3 Å². The first-order valence-electron chi connectivity index (χ1n) is 10.4. The van der Waals surface area contributed by atoms with Gasteiger partial charge in [-0.15, -0.1) is 0 Å². The van der Waals surface area contributed by atoms with Gasteiger partial charge in [-0.25, -0.2) is 18.1 Å². The summed E-state index contributed by atoms with van der Waals surface area (Å²) in [7, 11) is -3.74. The molecule has 3 N–H and O–H groups in total. The number of nitrogens with zero attached hydrogens (tertiary/aromatic N) is 2. The molecule has 1 aliphatic carbocycles. The number of amides is 1. The van der Waals surface area contributed by atoms with Crippen molar-refractivity contribution in [1.29, 1.82) is 0 Å². The molecular weight excluding hydrogens is 452 g/mol. The zero-order chi connectivity index (χ0) is 23.0. The lowest BCUT2D eigenvalue weighted by Crippen LogP contribution is -2.38. The number of nitrogens with one attached hydrogen (secondary N) is 2. The highest BCUT2D eigenvalue weighted by Crippen LogP contribution is 2.31. The van der Waals surface area contributed by atoms with Crippen molar-refractivity contribution in [2.45, 2.75) is 56.6 Å². The van der Waals surface area contributed by atoms with Crippen LogP contribution in [-0.2, 0) is 14.8 Å². The maximum absolute atomic E-state index is 13.0. The predicted octanol–water partition coefficient (Wildman–Crippen LogP) is 3.50. The largest absolute Gasteiger partial charge is 0.393 e. The summed E-state index contributed by atoms with van der Waals surface area (Å²) in [6.07, 6.45) is 5.35. The summed E-state index contributed by atoms with van der Waals surface area (Å²) in [4.78, 5) is 16.1. The van der Waals surface area contributed by atoms with Crippen LogP contribution in [-0.4, -0.2) is 41.0 Å².